The average molecular weight is 417 g/mol. The highest BCUT2D eigenvalue weighted by Crippen LogP contribution is 2.07. The number of carbonyl (C=O) groups is 5. The van der Waals surface area contributed by atoms with Crippen LogP contribution in [0.15, 0.2) is 0 Å². The average Bonchev–Trinajstić information content (AvgIpc) is 2.62. The van der Waals surface area contributed by atoms with Crippen molar-refractivity contribution in [2.45, 2.75) is 64.2 Å². The van der Waals surface area contributed by atoms with Gasteiger partial charge >= 0.3 is 5.97 Å². The summed E-state index contributed by atoms with van der Waals surface area (Å²) in [6.07, 6.45) is -0.160. The van der Waals surface area contributed by atoms with E-state index < -0.39 is 60.4 Å². The van der Waals surface area contributed by atoms with Gasteiger partial charge < -0.3 is 37.6 Å². The summed E-state index contributed by atoms with van der Waals surface area (Å²) in [4.78, 5) is 58.9. The van der Waals surface area contributed by atoms with E-state index in [1.54, 1.807) is 13.8 Å². The molecule has 0 aromatic carbocycles. The Kier molecular flexibility index (Phi) is 11.5. The first-order chi connectivity index (χ1) is 13.4. The molecule has 29 heavy (non-hydrogen) atoms. The number of hydrogen-bond donors (Lipinski definition) is 7. The molecule has 166 valence electrons. The molecule has 0 aromatic heterocycles. The van der Waals surface area contributed by atoms with Gasteiger partial charge in [-0.2, -0.15) is 0 Å². The van der Waals surface area contributed by atoms with Gasteiger partial charge in [0.05, 0.1) is 6.61 Å². The number of carbonyl (C=O) groups excluding carboxylic acids is 4. The molecule has 0 rings (SSSR count). The third-order valence-electron chi connectivity index (χ3n) is 3.92. The molecule has 4 amide bonds. The van der Waals surface area contributed by atoms with Crippen molar-refractivity contribution >= 4 is 29.6 Å². The number of nitrogens with one attached hydrogen (secondary N) is 3. The van der Waals surface area contributed by atoms with Crippen LogP contribution >= 0.6 is 0 Å². The number of carboxylic acid groups (broad SMARTS) is 1. The monoisotopic (exact) mass is 417 g/mol. The molecule has 0 fully saturated rings. The van der Waals surface area contributed by atoms with E-state index in [0.29, 0.717) is 0 Å². The number of rotatable bonds is 13. The Morgan fingerprint density at radius 3 is 1.86 bits per heavy atom. The van der Waals surface area contributed by atoms with Gasteiger partial charge in [0.15, 0.2) is 0 Å². The van der Waals surface area contributed by atoms with Gasteiger partial charge in [0, 0.05) is 6.42 Å². The number of aliphatic hydroxyl groups excluding tert-OH is 1. The Labute approximate surface area is 168 Å². The van der Waals surface area contributed by atoms with Gasteiger partial charge in [-0.15, -0.1) is 0 Å². The molecule has 4 unspecified atom stereocenters. The lowest BCUT2D eigenvalue weighted by atomic mass is 10.0. The summed E-state index contributed by atoms with van der Waals surface area (Å²) in [5.74, 6) is -4.25. The fourth-order valence-electron chi connectivity index (χ4n) is 2.27. The van der Waals surface area contributed by atoms with Crippen LogP contribution in [0.4, 0.5) is 0 Å². The predicted molar refractivity (Wildman–Crippen MR) is 102 cm³/mol. The summed E-state index contributed by atoms with van der Waals surface area (Å²) in [7, 11) is 0. The number of carboxylic acids is 1. The van der Waals surface area contributed by atoms with Crippen LogP contribution in [-0.4, -0.2) is 70.6 Å². The topological polar surface area (TPSA) is 214 Å². The van der Waals surface area contributed by atoms with Crippen molar-refractivity contribution in [1.29, 1.82) is 0 Å². The molecule has 0 bridgehead atoms. The molecule has 4 atom stereocenters. The van der Waals surface area contributed by atoms with E-state index >= 15 is 0 Å². The third-order valence-corrected chi connectivity index (χ3v) is 3.92. The molecular weight excluding hydrogens is 386 g/mol. The standard InChI is InChI=1S/C17H31N5O7/c1-8(2)6-12(16(27)20-9(3)17(28)29)22-15(26)11(4-5-13(19)24)21-14(25)10(18)7-23/h8-12,23H,4-7,18H2,1-3H3,(H2,19,24)(H,20,27)(H,21,25)(H,22,26)(H,28,29). The number of nitrogens with two attached hydrogens (primary N) is 2. The van der Waals surface area contributed by atoms with Crippen LogP contribution in [0.5, 0.6) is 0 Å². The highest BCUT2D eigenvalue weighted by atomic mass is 16.4. The van der Waals surface area contributed by atoms with Crippen LogP contribution < -0.4 is 27.4 Å². The molecule has 0 spiro atoms. The summed E-state index contributed by atoms with van der Waals surface area (Å²) in [6.45, 7) is 4.24. The van der Waals surface area contributed by atoms with Crippen molar-refractivity contribution in [2.75, 3.05) is 6.61 Å². The summed E-state index contributed by atoms with van der Waals surface area (Å²) in [6, 6.07) is -4.73. The zero-order valence-corrected chi connectivity index (χ0v) is 16.8. The largest absolute Gasteiger partial charge is 0.480 e. The van der Waals surface area contributed by atoms with Crippen molar-refractivity contribution in [1.82, 2.24) is 16.0 Å². The van der Waals surface area contributed by atoms with Crippen LogP contribution in [0.2, 0.25) is 0 Å². The molecule has 0 aliphatic carbocycles. The van der Waals surface area contributed by atoms with Gasteiger partial charge in [-0.05, 0) is 25.7 Å². The van der Waals surface area contributed by atoms with Crippen LogP contribution in [0.1, 0.15) is 40.0 Å². The Bertz CT molecular complexity index is 611. The minimum absolute atomic E-state index is 0.0207. The van der Waals surface area contributed by atoms with Crippen molar-refractivity contribution in [3.63, 3.8) is 0 Å². The second-order valence-electron chi connectivity index (χ2n) is 7.11. The molecule has 0 radical (unpaired) electrons. The molecule has 0 saturated heterocycles. The van der Waals surface area contributed by atoms with Gasteiger partial charge in [-0.1, -0.05) is 13.8 Å². The quantitative estimate of drug-likeness (QED) is 0.165. The summed E-state index contributed by atoms with van der Waals surface area (Å²) < 4.78 is 0. The van der Waals surface area contributed by atoms with E-state index in [2.05, 4.69) is 16.0 Å². The Morgan fingerprint density at radius 2 is 1.41 bits per heavy atom. The van der Waals surface area contributed by atoms with Crippen molar-refractivity contribution in [3.05, 3.63) is 0 Å². The molecule has 0 heterocycles. The molecule has 12 nitrogen and oxygen atoms in total. The van der Waals surface area contributed by atoms with Crippen LogP contribution in [0.25, 0.3) is 0 Å². The molecule has 0 aliphatic heterocycles. The van der Waals surface area contributed by atoms with Gasteiger partial charge in [0.1, 0.15) is 24.2 Å². The molecular formula is C17H31N5O7. The summed E-state index contributed by atoms with van der Waals surface area (Å²) >= 11 is 0. The molecule has 0 aromatic rings. The van der Waals surface area contributed by atoms with E-state index in [1.807, 2.05) is 0 Å². The number of primary amides is 1. The maximum absolute atomic E-state index is 12.6. The van der Waals surface area contributed by atoms with Crippen molar-refractivity contribution in [3.8, 4) is 0 Å². The zero-order valence-electron chi connectivity index (χ0n) is 16.8. The number of aliphatic carboxylic acids is 1. The van der Waals surface area contributed by atoms with E-state index in [4.69, 9.17) is 21.7 Å². The van der Waals surface area contributed by atoms with E-state index in [0.717, 1.165) is 0 Å². The highest BCUT2D eigenvalue weighted by molar-refractivity contribution is 5.94. The Morgan fingerprint density at radius 1 is 0.897 bits per heavy atom. The van der Waals surface area contributed by atoms with Crippen molar-refractivity contribution in [2.24, 2.45) is 17.4 Å². The maximum atomic E-state index is 12.6. The smallest absolute Gasteiger partial charge is 0.325 e. The normalized spacial score (nSPS) is 15.0. The Hall–Kier alpha value is -2.73. The van der Waals surface area contributed by atoms with Crippen LogP contribution in [0.3, 0.4) is 0 Å². The first-order valence-electron chi connectivity index (χ1n) is 9.17. The minimum Gasteiger partial charge on any atom is -0.480 e. The maximum Gasteiger partial charge on any atom is 0.325 e. The fraction of sp³-hybridized carbons (Fsp3) is 0.706. The molecule has 0 aliphatic rings. The van der Waals surface area contributed by atoms with Crippen molar-refractivity contribution < 1.29 is 34.2 Å². The van der Waals surface area contributed by atoms with Crippen LogP contribution in [0, 0.1) is 5.92 Å². The second-order valence-corrected chi connectivity index (χ2v) is 7.11. The zero-order chi connectivity index (χ0) is 22.7. The number of hydrogen-bond acceptors (Lipinski definition) is 7. The SMILES string of the molecule is CC(C)CC(NC(=O)C(CCC(N)=O)NC(=O)C(N)CO)C(=O)NC(C)C(=O)O. The lowest BCUT2D eigenvalue weighted by molar-refractivity contribution is -0.142. The summed E-state index contributed by atoms with van der Waals surface area (Å²) in [5.41, 5.74) is 10.5. The van der Waals surface area contributed by atoms with Gasteiger partial charge in [0.25, 0.3) is 0 Å². The van der Waals surface area contributed by atoms with Gasteiger partial charge in [-0.25, -0.2) is 0 Å². The first-order valence-corrected chi connectivity index (χ1v) is 9.17. The number of aliphatic hydroxyl groups is 1. The Balaban J connectivity index is 5.35. The lowest BCUT2D eigenvalue weighted by Gasteiger charge is -2.25. The fourth-order valence-corrected chi connectivity index (χ4v) is 2.27. The number of amides is 4. The molecule has 9 N–H and O–H groups in total. The summed E-state index contributed by atoms with van der Waals surface area (Å²) in [5, 5.41) is 24.9. The van der Waals surface area contributed by atoms with Gasteiger partial charge in [-0.3, -0.25) is 24.0 Å². The third kappa shape index (κ3) is 10.4. The predicted octanol–water partition coefficient (Wildman–Crippen LogP) is -2.82. The molecule has 0 saturated carbocycles. The molecule has 12 heteroatoms. The van der Waals surface area contributed by atoms with Crippen LogP contribution in [-0.2, 0) is 24.0 Å². The highest BCUT2D eigenvalue weighted by Gasteiger charge is 2.29. The first kappa shape index (κ1) is 26.3. The van der Waals surface area contributed by atoms with E-state index in [9.17, 15) is 24.0 Å². The van der Waals surface area contributed by atoms with E-state index in [-0.39, 0.29) is 25.2 Å². The van der Waals surface area contributed by atoms with E-state index in [1.165, 1.54) is 6.92 Å². The second kappa shape index (κ2) is 12.7. The lowest BCUT2D eigenvalue weighted by Crippen LogP contribution is -2.57. The minimum atomic E-state index is -1.27. The van der Waals surface area contributed by atoms with Gasteiger partial charge in [0.2, 0.25) is 23.6 Å².